The number of aromatic nitrogens is 4. The number of carbonyl (C=O) groups is 1. The topological polar surface area (TPSA) is 82.2 Å². The number of rotatable bonds is 4. The van der Waals surface area contributed by atoms with Crippen LogP contribution in [0.2, 0.25) is 0 Å². The van der Waals surface area contributed by atoms with Crippen LogP contribution in [0.4, 0.5) is 18.0 Å². The molecule has 0 unspecified atom stereocenters. The van der Waals surface area contributed by atoms with Crippen molar-refractivity contribution in [3.63, 3.8) is 0 Å². The molecule has 1 fully saturated rings. The molecule has 1 amide bonds. The minimum absolute atomic E-state index is 0.00384. The molecule has 1 heterocycles. The molecule has 1 aromatic carbocycles. The van der Waals surface area contributed by atoms with Gasteiger partial charge in [-0.15, -0.1) is 17.9 Å². The van der Waals surface area contributed by atoms with E-state index in [0.29, 0.717) is 15.9 Å². The van der Waals surface area contributed by atoms with Crippen molar-refractivity contribution in [2.24, 2.45) is 0 Å². The molecule has 1 aliphatic rings. The molecule has 0 spiro atoms. The minimum atomic E-state index is -4.94. The van der Waals surface area contributed by atoms with Gasteiger partial charge in [-0.25, -0.2) is 9.59 Å². The van der Waals surface area contributed by atoms with Crippen LogP contribution >= 0.6 is 0 Å². The second-order valence-corrected chi connectivity index (χ2v) is 6.46. The van der Waals surface area contributed by atoms with Gasteiger partial charge in [0.25, 0.3) is 0 Å². The highest BCUT2D eigenvalue weighted by Gasteiger charge is 2.33. The summed E-state index contributed by atoms with van der Waals surface area (Å²) in [5.74, 6) is -0.615. The summed E-state index contributed by atoms with van der Waals surface area (Å²) < 4.78 is 43.0. The Balaban J connectivity index is 1.92. The molecule has 0 saturated heterocycles. The van der Waals surface area contributed by atoms with Gasteiger partial charge < -0.3 is 9.64 Å². The summed E-state index contributed by atoms with van der Waals surface area (Å²) >= 11 is 0. The van der Waals surface area contributed by atoms with Crippen molar-refractivity contribution in [3.8, 4) is 11.4 Å². The molecule has 0 aliphatic heterocycles. The first kappa shape index (κ1) is 19.9. The summed E-state index contributed by atoms with van der Waals surface area (Å²) in [6, 6.07) is 4.39. The molecule has 1 saturated carbocycles. The van der Waals surface area contributed by atoms with Gasteiger partial charge in [-0.05, 0) is 42.3 Å². The molecule has 1 aliphatic carbocycles. The third-order valence-electron chi connectivity index (χ3n) is 4.68. The van der Waals surface area contributed by atoms with Gasteiger partial charge in [0.05, 0.1) is 0 Å². The highest BCUT2D eigenvalue weighted by Crippen LogP contribution is 2.27. The number of nitrogens with zero attached hydrogens (tertiary/aromatic N) is 5. The number of tetrazole rings is 1. The first-order valence-corrected chi connectivity index (χ1v) is 9.03. The lowest BCUT2D eigenvalue weighted by atomic mass is 9.94. The summed E-state index contributed by atoms with van der Waals surface area (Å²) in [7, 11) is 0. The molecule has 1 aromatic heterocycles. The third kappa shape index (κ3) is 4.18. The zero-order valence-corrected chi connectivity index (χ0v) is 15.2. The Morgan fingerprint density at radius 3 is 2.54 bits per heavy atom. The van der Waals surface area contributed by atoms with Crippen molar-refractivity contribution in [2.75, 3.05) is 6.54 Å². The summed E-state index contributed by atoms with van der Waals surface area (Å²) in [4.78, 5) is 27.0. The predicted molar refractivity (Wildman–Crippen MR) is 92.3 cm³/mol. The van der Waals surface area contributed by atoms with E-state index in [0.717, 1.165) is 38.2 Å². The van der Waals surface area contributed by atoms with E-state index in [1.165, 1.54) is 18.2 Å². The van der Waals surface area contributed by atoms with Crippen LogP contribution in [0.25, 0.3) is 5.69 Å². The molecule has 2 aromatic rings. The summed E-state index contributed by atoms with van der Waals surface area (Å²) in [5, 5.41) is 7.16. The lowest BCUT2D eigenvalue weighted by Crippen LogP contribution is -2.47. The molecule has 0 radical (unpaired) electrons. The van der Waals surface area contributed by atoms with E-state index in [9.17, 15) is 22.8 Å². The molecule has 3 rings (SSSR count). The van der Waals surface area contributed by atoms with Gasteiger partial charge in [0, 0.05) is 12.6 Å². The SMILES string of the molecule is CCN(C(=O)n1nnn(-c2ccccc2OC(F)(F)F)c1=O)C1CCCCC1. The number of carbonyl (C=O) groups excluding carboxylic acids is 1. The fourth-order valence-electron chi connectivity index (χ4n) is 3.42. The van der Waals surface area contributed by atoms with Crippen molar-refractivity contribution in [3.05, 3.63) is 34.7 Å². The number of hydrogen-bond acceptors (Lipinski definition) is 5. The smallest absolute Gasteiger partial charge is 0.403 e. The average Bonchev–Trinajstić information content (AvgIpc) is 3.03. The third-order valence-corrected chi connectivity index (χ3v) is 4.68. The van der Waals surface area contributed by atoms with Crippen molar-refractivity contribution in [2.45, 2.75) is 51.4 Å². The fourth-order valence-corrected chi connectivity index (χ4v) is 3.42. The molecule has 0 N–H and O–H groups in total. The summed E-state index contributed by atoms with van der Waals surface area (Å²) in [6.07, 6.45) is -0.161. The summed E-state index contributed by atoms with van der Waals surface area (Å²) in [5.41, 5.74) is -1.22. The van der Waals surface area contributed by atoms with Gasteiger partial charge in [0.2, 0.25) is 0 Å². The Kier molecular flexibility index (Phi) is 5.71. The van der Waals surface area contributed by atoms with Crippen molar-refractivity contribution in [1.82, 2.24) is 24.7 Å². The van der Waals surface area contributed by atoms with Crippen LogP contribution in [0.5, 0.6) is 5.75 Å². The van der Waals surface area contributed by atoms with Crippen LogP contribution < -0.4 is 10.4 Å². The monoisotopic (exact) mass is 399 g/mol. The first-order chi connectivity index (χ1) is 13.3. The van der Waals surface area contributed by atoms with E-state index < -0.39 is 23.8 Å². The number of hydrogen-bond donors (Lipinski definition) is 0. The number of benzene rings is 1. The van der Waals surface area contributed by atoms with Gasteiger partial charge in [0.15, 0.2) is 5.75 Å². The predicted octanol–water partition coefficient (Wildman–Crippen LogP) is 2.95. The number of ether oxygens (including phenoxy) is 1. The summed E-state index contributed by atoms with van der Waals surface area (Å²) in [6.45, 7) is 2.19. The van der Waals surface area contributed by atoms with Gasteiger partial charge >= 0.3 is 18.1 Å². The molecule has 0 bridgehead atoms. The first-order valence-electron chi connectivity index (χ1n) is 9.03. The van der Waals surface area contributed by atoms with Crippen LogP contribution in [0.3, 0.4) is 0 Å². The van der Waals surface area contributed by atoms with Crippen molar-refractivity contribution in [1.29, 1.82) is 0 Å². The van der Waals surface area contributed by atoms with Gasteiger partial charge in [-0.1, -0.05) is 31.4 Å². The van der Waals surface area contributed by atoms with Crippen LogP contribution in [-0.4, -0.2) is 49.7 Å². The van der Waals surface area contributed by atoms with E-state index in [4.69, 9.17) is 0 Å². The standard InChI is InChI=1S/C17H20F3N5O3/c1-2-23(12-8-4-3-5-9-12)15(26)25-16(27)24(21-22-25)13-10-6-7-11-14(13)28-17(18,19)20/h6-7,10-12H,2-5,8-9H2,1H3. The van der Waals surface area contributed by atoms with E-state index in [-0.39, 0.29) is 11.7 Å². The number of amides is 1. The van der Waals surface area contributed by atoms with Crippen LogP contribution in [0.1, 0.15) is 39.0 Å². The maximum atomic E-state index is 12.8. The quantitative estimate of drug-likeness (QED) is 0.739. The second-order valence-electron chi connectivity index (χ2n) is 6.46. The Bertz CT molecular complexity index is 887. The Hall–Kier alpha value is -2.85. The number of halogens is 3. The maximum Gasteiger partial charge on any atom is 0.573 e. The zero-order chi connectivity index (χ0) is 20.3. The molecule has 152 valence electrons. The lowest BCUT2D eigenvalue weighted by molar-refractivity contribution is -0.274. The molecular formula is C17H20F3N5O3. The maximum absolute atomic E-state index is 12.8. The van der Waals surface area contributed by atoms with E-state index in [2.05, 4.69) is 15.2 Å². The number of para-hydroxylation sites is 2. The molecule has 0 atom stereocenters. The molecule has 28 heavy (non-hydrogen) atoms. The van der Waals surface area contributed by atoms with Crippen molar-refractivity contribution >= 4 is 6.03 Å². The minimum Gasteiger partial charge on any atom is -0.403 e. The van der Waals surface area contributed by atoms with Crippen LogP contribution in [0.15, 0.2) is 29.1 Å². The second kappa shape index (κ2) is 8.03. The molecule has 11 heteroatoms. The molecule has 8 nitrogen and oxygen atoms in total. The Morgan fingerprint density at radius 1 is 1.21 bits per heavy atom. The Labute approximate surface area is 158 Å². The molecular weight excluding hydrogens is 379 g/mol. The lowest BCUT2D eigenvalue weighted by Gasteiger charge is -2.32. The largest absolute Gasteiger partial charge is 0.573 e. The fraction of sp³-hybridized carbons (Fsp3) is 0.529. The average molecular weight is 399 g/mol. The van der Waals surface area contributed by atoms with Crippen molar-refractivity contribution < 1.29 is 22.7 Å². The zero-order valence-electron chi connectivity index (χ0n) is 15.2. The number of alkyl halides is 3. The highest BCUT2D eigenvalue weighted by atomic mass is 19.4. The Morgan fingerprint density at radius 2 is 1.89 bits per heavy atom. The van der Waals surface area contributed by atoms with E-state index in [1.807, 2.05) is 0 Å². The van der Waals surface area contributed by atoms with Gasteiger partial charge in [-0.3, -0.25) is 0 Å². The van der Waals surface area contributed by atoms with Gasteiger partial charge in [0.1, 0.15) is 5.69 Å². The van der Waals surface area contributed by atoms with E-state index in [1.54, 1.807) is 11.8 Å². The highest BCUT2D eigenvalue weighted by molar-refractivity contribution is 5.76. The van der Waals surface area contributed by atoms with E-state index >= 15 is 0 Å². The van der Waals surface area contributed by atoms with Crippen LogP contribution in [0, 0.1) is 0 Å². The normalized spacial score (nSPS) is 15.4. The van der Waals surface area contributed by atoms with Crippen LogP contribution in [-0.2, 0) is 0 Å². The van der Waals surface area contributed by atoms with Gasteiger partial charge in [-0.2, -0.15) is 4.68 Å².